The lowest BCUT2D eigenvalue weighted by Gasteiger charge is -2.18. The first-order valence-electron chi connectivity index (χ1n) is 8.47. The van der Waals surface area contributed by atoms with Crippen molar-refractivity contribution in [3.8, 4) is 0 Å². The number of carbonyl (C=O) groups excluding carboxylic acids is 3. The highest BCUT2D eigenvalue weighted by atomic mass is 16.2. The summed E-state index contributed by atoms with van der Waals surface area (Å²) in [6.45, 7) is 3.84. The molecule has 1 aliphatic heterocycles. The highest BCUT2D eigenvalue weighted by Gasteiger charge is 2.35. The van der Waals surface area contributed by atoms with E-state index in [0.29, 0.717) is 6.54 Å². The maximum atomic E-state index is 12.3. The monoisotopic (exact) mass is 329 g/mol. The van der Waals surface area contributed by atoms with Crippen LogP contribution in [0, 0.1) is 11.8 Å². The maximum absolute atomic E-state index is 12.3. The van der Waals surface area contributed by atoms with Crippen molar-refractivity contribution in [2.24, 2.45) is 11.8 Å². The number of carbonyl (C=O) groups is 3. The maximum Gasteiger partial charge on any atom is 0.243 e. The van der Waals surface area contributed by atoms with E-state index in [0.717, 1.165) is 24.9 Å². The van der Waals surface area contributed by atoms with E-state index in [-0.39, 0.29) is 30.1 Å². The number of aryl methyl sites for hydroxylation is 2. The van der Waals surface area contributed by atoms with Crippen molar-refractivity contribution in [2.75, 3.05) is 11.4 Å². The Bertz CT molecular complexity index is 684. The van der Waals surface area contributed by atoms with E-state index in [1.807, 2.05) is 6.07 Å². The Morgan fingerprint density at radius 2 is 1.92 bits per heavy atom. The van der Waals surface area contributed by atoms with E-state index in [9.17, 15) is 14.4 Å². The molecule has 1 saturated heterocycles. The molecule has 3 rings (SSSR count). The van der Waals surface area contributed by atoms with Crippen molar-refractivity contribution in [3.05, 3.63) is 29.3 Å². The zero-order valence-electron chi connectivity index (χ0n) is 14.1. The van der Waals surface area contributed by atoms with Gasteiger partial charge in [0.05, 0.1) is 5.92 Å². The summed E-state index contributed by atoms with van der Waals surface area (Å²) < 4.78 is 0. The number of rotatable bonds is 3. The first-order valence-corrected chi connectivity index (χ1v) is 8.47. The van der Waals surface area contributed by atoms with Gasteiger partial charge in [-0.1, -0.05) is 19.9 Å². The van der Waals surface area contributed by atoms with E-state index in [1.165, 1.54) is 11.1 Å². The van der Waals surface area contributed by atoms with Crippen molar-refractivity contribution in [1.29, 1.82) is 0 Å². The SMILES string of the molecule is CC(C)C(=O)NNC(=O)C1CC(=O)N(c2ccc3c(c2)CCC3)C1. The summed E-state index contributed by atoms with van der Waals surface area (Å²) in [5, 5.41) is 0. The van der Waals surface area contributed by atoms with Crippen LogP contribution < -0.4 is 15.8 Å². The van der Waals surface area contributed by atoms with Crippen molar-refractivity contribution in [1.82, 2.24) is 10.9 Å². The molecule has 2 N–H and O–H groups in total. The summed E-state index contributed by atoms with van der Waals surface area (Å²) in [5.74, 6) is -1.27. The van der Waals surface area contributed by atoms with Gasteiger partial charge >= 0.3 is 0 Å². The third kappa shape index (κ3) is 3.27. The standard InChI is InChI=1S/C18H23N3O3/c1-11(2)17(23)19-20-18(24)14-9-16(22)21(10-14)15-7-6-12-4-3-5-13(12)8-15/h6-8,11,14H,3-5,9-10H2,1-2H3,(H,19,23)(H,20,24). The van der Waals surface area contributed by atoms with Gasteiger partial charge in [0.25, 0.3) is 0 Å². The van der Waals surface area contributed by atoms with Crippen molar-refractivity contribution in [3.63, 3.8) is 0 Å². The van der Waals surface area contributed by atoms with Crippen LogP contribution in [-0.4, -0.2) is 24.3 Å². The number of hydrazine groups is 1. The summed E-state index contributed by atoms with van der Waals surface area (Å²) in [7, 11) is 0. The van der Waals surface area contributed by atoms with Gasteiger partial charge in [-0.25, -0.2) is 0 Å². The molecule has 1 aromatic rings. The van der Waals surface area contributed by atoms with Gasteiger partial charge in [0, 0.05) is 24.6 Å². The minimum Gasteiger partial charge on any atom is -0.312 e. The van der Waals surface area contributed by atoms with Crippen LogP contribution in [0.15, 0.2) is 18.2 Å². The minimum atomic E-state index is -0.446. The van der Waals surface area contributed by atoms with Crippen LogP contribution in [0.1, 0.15) is 37.8 Å². The molecule has 1 fully saturated rings. The number of amides is 3. The molecule has 3 amide bonds. The molecular weight excluding hydrogens is 306 g/mol. The second-order valence-electron chi connectivity index (χ2n) is 6.85. The van der Waals surface area contributed by atoms with Crippen molar-refractivity contribution >= 4 is 23.4 Å². The molecule has 0 saturated carbocycles. The Morgan fingerprint density at radius 3 is 2.67 bits per heavy atom. The second kappa shape index (κ2) is 6.63. The van der Waals surface area contributed by atoms with Gasteiger partial charge in [0.2, 0.25) is 17.7 Å². The summed E-state index contributed by atoms with van der Waals surface area (Å²) >= 11 is 0. The molecular formula is C18H23N3O3. The average Bonchev–Trinajstić information content (AvgIpc) is 3.17. The molecule has 128 valence electrons. The van der Waals surface area contributed by atoms with Crippen LogP contribution in [0.3, 0.4) is 0 Å². The molecule has 6 nitrogen and oxygen atoms in total. The Balaban J connectivity index is 1.63. The zero-order chi connectivity index (χ0) is 17.3. The van der Waals surface area contributed by atoms with Crippen molar-refractivity contribution < 1.29 is 14.4 Å². The van der Waals surface area contributed by atoms with Gasteiger partial charge in [0.1, 0.15) is 0 Å². The van der Waals surface area contributed by atoms with E-state index < -0.39 is 5.92 Å². The first-order chi connectivity index (χ1) is 11.5. The van der Waals surface area contributed by atoms with E-state index >= 15 is 0 Å². The molecule has 0 aromatic heterocycles. The first kappa shape index (κ1) is 16.5. The smallest absolute Gasteiger partial charge is 0.243 e. The molecule has 1 unspecified atom stereocenters. The molecule has 0 radical (unpaired) electrons. The van der Waals surface area contributed by atoms with Gasteiger partial charge < -0.3 is 4.90 Å². The number of benzene rings is 1. The normalized spacial score (nSPS) is 19.5. The molecule has 0 spiro atoms. The molecule has 1 heterocycles. The van der Waals surface area contributed by atoms with E-state index in [2.05, 4.69) is 23.0 Å². The van der Waals surface area contributed by atoms with Gasteiger partial charge in [-0.15, -0.1) is 0 Å². The van der Waals surface area contributed by atoms with Crippen LogP contribution in [0.2, 0.25) is 0 Å². The lowest BCUT2D eigenvalue weighted by molar-refractivity contribution is -0.132. The van der Waals surface area contributed by atoms with Crippen LogP contribution in [0.4, 0.5) is 5.69 Å². The molecule has 0 bridgehead atoms. The molecule has 2 aliphatic rings. The summed E-state index contributed by atoms with van der Waals surface area (Å²) in [6.07, 6.45) is 3.48. The highest BCUT2D eigenvalue weighted by molar-refractivity contribution is 6.00. The quantitative estimate of drug-likeness (QED) is 0.821. The van der Waals surface area contributed by atoms with Crippen LogP contribution in [-0.2, 0) is 27.2 Å². The summed E-state index contributed by atoms with van der Waals surface area (Å²) in [6, 6.07) is 6.12. The Hall–Kier alpha value is -2.37. The average molecular weight is 329 g/mol. The van der Waals surface area contributed by atoms with Crippen molar-refractivity contribution in [2.45, 2.75) is 39.5 Å². The van der Waals surface area contributed by atoms with Crippen LogP contribution in [0.25, 0.3) is 0 Å². The number of anilines is 1. The van der Waals surface area contributed by atoms with Gasteiger partial charge in [-0.05, 0) is 42.5 Å². The molecule has 1 aliphatic carbocycles. The van der Waals surface area contributed by atoms with E-state index in [1.54, 1.807) is 18.7 Å². The highest BCUT2D eigenvalue weighted by Crippen LogP contribution is 2.30. The number of fused-ring (bicyclic) bond motifs is 1. The summed E-state index contributed by atoms with van der Waals surface area (Å²) in [4.78, 5) is 37.7. The fourth-order valence-electron chi connectivity index (χ4n) is 3.23. The van der Waals surface area contributed by atoms with Gasteiger partial charge in [-0.3, -0.25) is 25.2 Å². The lowest BCUT2D eigenvalue weighted by Crippen LogP contribution is -2.46. The topological polar surface area (TPSA) is 78.5 Å². The second-order valence-corrected chi connectivity index (χ2v) is 6.85. The fourth-order valence-corrected chi connectivity index (χ4v) is 3.23. The third-order valence-electron chi connectivity index (χ3n) is 4.72. The minimum absolute atomic E-state index is 0.0525. The Morgan fingerprint density at radius 1 is 1.17 bits per heavy atom. The molecule has 6 heteroatoms. The zero-order valence-corrected chi connectivity index (χ0v) is 14.1. The number of hydrogen-bond donors (Lipinski definition) is 2. The van der Waals surface area contributed by atoms with Crippen LogP contribution >= 0.6 is 0 Å². The molecule has 1 atom stereocenters. The Labute approximate surface area is 141 Å². The predicted octanol–water partition coefficient (Wildman–Crippen LogP) is 1.33. The fraction of sp³-hybridized carbons (Fsp3) is 0.500. The van der Waals surface area contributed by atoms with Crippen LogP contribution in [0.5, 0.6) is 0 Å². The number of nitrogens with one attached hydrogen (secondary N) is 2. The molecule has 24 heavy (non-hydrogen) atoms. The largest absolute Gasteiger partial charge is 0.312 e. The molecule has 1 aromatic carbocycles. The predicted molar refractivity (Wildman–Crippen MR) is 90.1 cm³/mol. The summed E-state index contributed by atoms with van der Waals surface area (Å²) in [5.41, 5.74) is 8.34. The van der Waals surface area contributed by atoms with Gasteiger partial charge in [0.15, 0.2) is 0 Å². The Kier molecular flexibility index (Phi) is 4.55. The lowest BCUT2D eigenvalue weighted by atomic mass is 10.1. The van der Waals surface area contributed by atoms with E-state index in [4.69, 9.17) is 0 Å². The number of nitrogens with zero attached hydrogens (tertiary/aromatic N) is 1. The number of hydrogen-bond acceptors (Lipinski definition) is 3. The van der Waals surface area contributed by atoms with Gasteiger partial charge in [-0.2, -0.15) is 0 Å². The third-order valence-corrected chi connectivity index (χ3v) is 4.72.